The quantitative estimate of drug-likeness (QED) is 0.734. The number of rotatable bonds is 0. The van der Waals surface area contributed by atoms with Gasteiger partial charge in [-0.1, -0.05) is 12.8 Å². The topological polar surface area (TPSA) is 41.6 Å². The van der Waals surface area contributed by atoms with E-state index in [1.807, 2.05) is 25.7 Å². The number of likely N-dealkylation sites (tertiary alicyclic amines) is 1. The number of nitrogens with zero attached hydrogens (tertiary/aromatic N) is 1. The van der Waals surface area contributed by atoms with Gasteiger partial charge in [0.15, 0.2) is 0 Å². The standard InChI is InChI=1S/C15H28N2O2/c1-15(2,3)19-14(18)17-11-7-5-8-12-13(17)9-4-6-10-16-12/h12-13,16H,4-11H2,1-3H3/t12-,13+/m1/s1. The van der Waals surface area contributed by atoms with Crippen molar-refractivity contribution in [2.75, 3.05) is 13.1 Å². The number of ether oxygens (including phenoxy) is 1. The average molecular weight is 268 g/mol. The van der Waals surface area contributed by atoms with Crippen molar-refractivity contribution in [3.63, 3.8) is 0 Å². The molecule has 0 unspecified atom stereocenters. The summed E-state index contributed by atoms with van der Waals surface area (Å²) in [6.07, 6.45) is 6.87. The Hall–Kier alpha value is -0.770. The fourth-order valence-electron chi connectivity index (χ4n) is 3.13. The molecule has 2 fully saturated rings. The molecule has 0 saturated carbocycles. The van der Waals surface area contributed by atoms with E-state index in [1.54, 1.807) is 0 Å². The first-order valence-corrected chi connectivity index (χ1v) is 7.70. The molecule has 0 bridgehead atoms. The summed E-state index contributed by atoms with van der Waals surface area (Å²) >= 11 is 0. The molecule has 0 aromatic heterocycles. The van der Waals surface area contributed by atoms with Gasteiger partial charge in [0.2, 0.25) is 0 Å². The minimum Gasteiger partial charge on any atom is -0.444 e. The van der Waals surface area contributed by atoms with E-state index < -0.39 is 5.60 Å². The Bertz CT molecular complexity index is 310. The Labute approximate surface area is 116 Å². The second kappa shape index (κ2) is 6.12. The SMILES string of the molecule is CC(C)(C)OC(=O)N1CCCC[C@H]2NCCCC[C@@H]21. The van der Waals surface area contributed by atoms with Gasteiger partial charge in [0.1, 0.15) is 5.60 Å². The number of carbonyl (C=O) groups excluding carboxylic acids is 1. The molecule has 2 atom stereocenters. The van der Waals surface area contributed by atoms with Crippen LogP contribution in [-0.4, -0.2) is 41.8 Å². The van der Waals surface area contributed by atoms with Crippen LogP contribution in [0.1, 0.15) is 59.3 Å². The zero-order valence-corrected chi connectivity index (χ0v) is 12.6. The van der Waals surface area contributed by atoms with E-state index in [1.165, 1.54) is 25.7 Å². The second-order valence-corrected chi connectivity index (χ2v) is 6.79. The van der Waals surface area contributed by atoms with E-state index in [4.69, 9.17) is 4.74 Å². The van der Waals surface area contributed by atoms with Gasteiger partial charge in [-0.05, 0) is 53.0 Å². The number of hydrogen-bond donors (Lipinski definition) is 1. The van der Waals surface area contributed by atoms with E-state index in [9.17, 15) is 4.79 Å². The lowest BCUT2D eigenvalue weighted by Crippen LogP contribution is -2.51. The summed E-state index contributed by atoms with van der Waals surface area (Å²) < 4.78 is 5.58. The molecule has 0 spiro atoms. The Balaban J connectivity index is 2.09. The first-order valence-electron chi connectivity index (χ1n) is 7.70. The Morgan fingerprint density at radius 1 is 1.16 bits per heavy atom. The van der Waals surface area contributed by atoms with E-state index >= 15 is 0 Å². The molecular weight excluding hydrogens is 240 g/mol. The lowest BCUT2D eigenvalue weighted by atomic mass is 10.00. The predicted octanol–water partition coefficient (Wildman–Crippen LogP) is 2.92. The highest BCUT2D eigenvalue weighted by atomic mass is 16.6. The van der Waals surface area contributed by atoms with Crippen molar-refractivity contribution in [1.82, 2.24) is 10.2 Å². The molecule has 2 rings (SSSR count). The number of hydrogen-bond acceptors (Lipinski definition) is 3. The highest BCUT2D eigenvalue weighted by Gasteiger charge is 2.35. The van der Waals surface area contributed by atoms with Gasteiger partial charge < -0.3 is 15.0 Å². The Kier molecular flexibility index (Phi) is 4.71. The van der Waals surface area contributed by atoms with Crippen molar-refractivity contribution in [1.29, 1.82) is 0 Å². The van der Waals surface area contributed by atoms with Crippen LogP contribution in [0.15, 0.2) is 0 Å². The second-order valence-electron chi connectivity index (χ2n) is 6.79. The highest BCUT2D eigenvalue weighted by molar-refractivity contribution is 5.68. The normalized spacial score (nSPS) is 29.1. The highest BCUT2D eigenvalue weighted by Crippen LogP contribution is 2.25. The van der Waals surface area contributed by atoms with E-state index in [0.29, 0.717) is 12.1 Å². The van der Waals surface area contributed by atoms with Crippen LogP contribution in [0.5, 0.6) is 0 Å². The molecule has 2 heterocycles. The molecule has 1 amide bonds. The molecule has 0 aliphatic carbocycles. The van der Waals surface area contributed by atoms with Crippen LogP contribution in [0.25, 0.3) is 0 Å². The number of nitrogens with one attached hydrogen (secondary N) is 1. The van der Waals surface area contributed by atoms with Gasteiger partial charge in [0, 0.05) is 12.6 Å². The molecule has 4 heteroatoms. The van der Waals surface area contributed by atoms with Gasteiger partial charge in [-0.2, -0.15) is 0 Å². The van der Waals surface area contributed by atoms with E-state index in [-0.39, 0.29) is 6.09 Å². The van der Waals surface area contributed by atoms with Gasteiger partial charge in [-0.3, -0.25) is 0 Å². The lowest BCUT2D eigenvalue weighted by molar-refractivity contribution is 0.0135. The molecule has 0 radical (unpaired) electrons. The van der Waals surface area contributed by atoms with Crippen molar-refractivity contribution in [2.45, 2.75) is 77.0 Å². The number of fused-ring (bicyclic) bond motifs is 1. The molecule has 2 aliphatic heterocycles. The molecule has 0 aromatic rings. The average Bonchev–Trinajstić information content (AvgIpc) is 2.60. The summed E-state index contributed by atoms with van der Waals surface area (Å²) in [6.45, 7) is 7.74. The monoisotopic (exact) mass is 268 g/mol. The van der Waals surface area contributed by atoms with Gasteiger partial charge >= 0.3 is 6.09 Å². The molecular formula is C15H28N2O2. The number of carbonyl (C=O) groups is 1. The van der Waals surface area contributed by atoms with Crippen molar-refractivity contribution >= 4 is 6.09 Å². The van der Waals surface area contributed by atoms with Gasteiger partial charge in [0.05, 0.1) is 6.04 Å². The third-order valence-corrected chi connectivity index (χ3v) is 3.99. The largest absolute Gasteiger partial charge is 0.444 e. The van der Waals surface area contributed by atoms with Crippen molar-refractivity contribution in [2.24, 2.45) is 0 Å². The van der Waals surface area contributed by atoms with Crippen LogP contribution >= 0.6 is 0 Å². The van der Waals surface area contributed by atoms with Gasteiger partial charge in [0.25, 0.3) is 0 Å². The van der Waals surface area contributed by atoms with Crippen molar-refractivity contribution in [3.05, 3.63) is 0 Å². The Morgan fingerprint density at radius 3 is 2.63 bits per heavy atom. The zero-order chi connectivity index (χ0) is 13.9. The van der Waals surface area contributed by atoms with Crippen LogP contribution in [0.4, 0.5) is 4.79 Å². The van der Waals surface area contributed by atoms with Crippen LogP contribution in [-0.2, 0) is 4.74 Å². The smallest absolute Gasteiger partial charge is 0.410 e. The number of amides is 1. The summed E-state index contributed by atoms with van der Waals surface area (Å²) in [7, 11) is 0. The lowest BCUT2D eigenvalue weighted by Gasteiger charge is -2.35. The molecule has 2 saturated heterocycles. The Morgan fingerprint density at radius 2 is 1.89 bits per heavy atom. The van der Waals surface area contributed by atoms with E-state index in [2.05, 4.69) is 5.32 Å². The van der Waals surface area contributed by atoms with Crippen LogP contribution < -0.4 is 5.32 Å². The third-order valence-electron chi connectivity index (χ3n) is 3.99. The van der Waals surface area contributed by atoms with Gasteiger partial charge in [-0.25, -0.2) is 4.79 Å². The molecule has 0 aromatic carbocycles. The molecule has 19 heavy (non-hydrogen) atoms. The van der Waals surface area contributed by atoms with E-state index in [0.717, 1.165) is 25.9 Å². The van der Waals surface area contributed by atoms with Crippen LogP contribution in [0.3, 0.4) is 0 Å². The zero-order valence-electron chi connectivity index (χ0n) is 12.6. The first-order chi connectivity index (χ1) is 8.97. The maximum absolute atomic E-state index is 12.4. The fraction of sp³-hybridized carbons (Fsp3) is 0.933. The summed E-state index contributed by atoms with van der Waals surface area (Å²) in [5.41, 5.74) is -0.406. The van der Waals surface area contributed by atoms with Crippen LogP contribution in [0.2, 0.25) is 0 Å². The molecule has 2 aliphatic rings. The van der Waals surface area contributed by atoms with Crippen molar-refractivity contribution < 1.29 is 9.53 Å². The molecule has 1 N–H and O–H groups in total. The maximum Gasteiger partial charge on any atom is 0.410 e. The summed E-state index contributed by atoms with van der Waals surface area (Å²) in [5.74, 6) is 0. The van der Waals surface area contributed by atoms with Gasteiger partial charge in [-0.15, -0.1) is 0 Å². The van der Waals surface area contributed by atoms with Crippen molar-refractivity contribution in [3.8, 4) is 0 Å². The maximum atomic E-state index is 12.4. The minimum absolute atomic E-state index is 0.131. The molecule has 110 valence electrons. The minimum atomic E-state index is -0.406. The third kappa shape index (κ3) is 4.10. The predicted molar refractivity (Wildman–Crippen MR) is 76.2 cm³/mol. The molecule has 4 nitrogen and oxygen atoms in total. The summed E-state index contributed by atoms with van der Waals surface area (Å²) in [4.78, 5) is 14.4. The first kappa shape index (κ1) is 14.6. The van der Waals surface area contributed by atoms with Crippen LogP contribution in [0, 0.1) is 0 Å². The fourth-order valence-corrected chi connectivity index (χ4v) is 3.13. The summed E-state index contributed by atoms with van der Waals surface area (Å²) in [6, 6.07) is 0.775. The summed E-state index contributed by atoms with van der Waals surface area (Å²) in [5, 5.41) is 3.62.